The summed E-state index contributed by atoms with van der Waals surface area (Å²) in [6.07, 6.45) is 25.6. The third-order valence-electron chi connectivity index (χ3n) is 13.8. The second-order valence-corrected chi connectivity index (χ2v) is 23.6. The topological polar surface area (TPSA) is 96.2 Å². The number of hydrogen-bond acceptors (Lipinski definition) is 8. The third-order valence-corrected chi connectivity index (χ3v) is 13.8. The fourth-order valence-electron chi connectivity index (χ4n) is 12.0. The monoisotopic (exact) mass is 758 g/mol. The van der Waals surface area contributed by atoms with Crippen LogP contribution < -0.4 is 42.5 Å². The summed E-state index contributed by atoms with van der Waals surface area (Å²) >= 11 is 6.50. The Hall–Kier alpha value is 1.35. The Bertz CT molecular complexity index is 743. The zero-order valence-electron chi connectivity index (χ0n) is 25.8. The van der Waals surface area contributed by atoms with Gasteiger partial charge in [0.25, 0.3) is 0 Å². The van der Waals surface area contributed by atoms with E-state index in [9.17, 15) is 0 Å². The summed E-state index contributed by atoms with van der Waals surface area (Å²) in [6, 6.07) is 0. The second-order valence-electron chi connectivity index (χ2n) is 15.7. The molecule has 0 spiro atoms. The van der Waals surface area contributed by atoms with Gasteiger partial charge in [-0.2, -0.15) is 0 Å². The van der Waals surface area contributed by atoms with E-state index in [1.807, 2.05) is 0 Å². The maximum absolute atomic E-state index is 4.26. The summed E-state index contributed by atoms with van der Waals surface area (Å²) in [4.78, 5) is 0. The van der Waals surface area contributed by atoms with Crippen molar-refractivity contribution >= 4 is 26.3 Å². The van der Waals surface area contributed by atoms with Gasteiger partial charge in [0.2, 0.25) is 0 Å². The van der Waals surface area contributed by atoms with Crippen LogP contribution in [0.2, 0.25) is 0 Å². The first-order valence-corrected chi connectivity index (χ1v) is 26.0. The molecular weight excluding hydrogens is 704 g/mol. The zero-order valence-corrected chi connectivity index (χ0v) is 30.5. The average Bonchev–Trinajstić information content (AvgIpc) is 3.77. The second kappa shape index (κ2) is 14.1. The molecule has 242 valence electrons. The van der Waals surface area contributed by atoms with Crippen LogP contribution in [-0.2, 0) is 15.0 Å². The van der Waals surface area contributed by atoms with Crippen LogP contribution in [-0.4, -0.2) is 49.3 Å². The van der Waals surface area contributed by atoms with Crippen molar-refractivity contribution in [1.29, 1.82) is 0 Å². The van der Waals surface area contributed by atoms with E-state index in [0.29, 0.717) is 49.3 Å². The molecule has 0 aromatic carbocycles. The summed E-state index contributed by atoms with van der Waals surface area (Å²) in [5.74, 6) is 5.97. The number of fused-ring (bicyclic) bond motifs is 20. The van der Waals surface area contributed by atoms with E-state index < -0.39 is 0 Å². The van der Waals surface area contributed by atoms with Gasteiger partial charge < -0.3 is 0 Å². The molecular formula is C32H56Br2N8Ti. The molecule has 8 nitrogen and oxygen atoms in total. The zero-order chi connectivity index (χ0) is 28.9. The summed E-state index contributed by atoms with van der Waals surface area (Å²) in [7, 11) is 0. The molecule has 8 bridgehead atoms. The van der Waals surface area contributed by atoms with Gasteiger partial charge in [0.05, 0.1) is 49.3 Å². The van der Waals surface area contributed by atoms with Crippen LogP contribution in [0, 0.1) is 47.3 Å². The van der Waals surface area contributed by atoms with Gasteiger partial charge >= 0.3 is 41.3 Å². The Morgan fingerprint density at radius 2 is 0.395 bits per heavy atom. The van der Waals surface area contributed by atoms with Gasteiger partial charge in [-0.05, 0) is 98.7 Å². The van der Waals surface area contributed by atoms with Gasteiger partial charge in [-0.15, -0.1) is 0 Å². The van der Waals surface area contributed by atoms with Crippen LogP contribution in [0.5, 0.6) is 0 Å². The van der Waals surface area contributed by atoms with Crippen LogP contribution in [0.3, 0.4) is 0 Å². The van der Waals surface area contributed by atoms with Crippen molar-refractivity contribution in [2.75, 3.05) is 0 Å². The molecule has 5 aliphatic heterocycles. The Morgan fingerprint density at radius 3 is 0.512 bits per heavy atom. The molecule has 9 fully saturated rings. The first kappa shape index (κ1) is 31.6. The molecule has 5 heterocycles. The van der Waals surface area contributed by atoms with Crippen molar-refractivity contribution in [1.82, 2.24) is 42.5 Å². The van der Waals surface area contributed by atoms with Crippen molar-refractivity contribution < 1.29 is 15.0 Å². The van der Waals surface area contributed by atoms with Crippen molar-refractivity contribution in [2.24, 2.45) is 47.3 Å². The molecule has 0 aromatic heterocycles. The standard InChI is InChI=1S/C32H56N8.2BrH.Ti/c1-2-10-18-17(9-1)25-33-26(18)38-28-21-13-5-6-14-22(21)30(35-28)40-32-24-16-8-7-15-23(24)31(36-32)39-29-20-12-4-3-11-19(20)27(34-29)37-25;;;/h17-40H,1-16H2;2*1H;/q;;;+2/p-2. The fraction of sp³-hybridized carbons (Fsp3) is 1.00. The van der Waals surface area contributed by atoms with Gasteiger partial charge in [0.1, 0.15) is 0 Å². The van der Waals surface area contributed by atoms with E-state index in [4.69, 9.17) is 0 Å². The third kappa shape index (κ3) is 6.20. The molecule has 11 heteroatoms. The van der Waals surface area contributed by atoms with Crippen LogP contribution in [0.25, 0.3) is 0 Å². The molecule has 0 amide bonds. The van der Waals surface area contributed by atoms with Gasteiger partial charge in [0.15, 0.2) is 0 Å². The Balaban J connectivity index is 0.000000892. The minimum absolute atomic E-state index is 0.125. The van der Waals surface area contributed by atoms with Gasteiger partial charge in [-0.3, -0.25) is 42.5 Å². The van der Waals surface area contributed by atoms with Crippen molar-refractivity contribution in [3.63, 3.8) is 0 Å². The SMILES string of the molecule is C1CCC2C3NC(NC4NC(NC5NC(NC6NC(N3)C3CCCCC63)C3CCCCC53)C3CCCCC43)C2C1.[Br][Ti][Br]. The molecule has 0 radical (unpaired) electrons. The van der Waals surface area contributed by atoms with E-state index in [-0.39, 0.29) is 15.0 Å². The predicted molar refractivity (Wildman–Crippen MR) is 175 cm³/mol. The predicted octanol–water partition coefficient (Wildman–Crippen LogP) is 4.29. The summed E-state index contributed by atoms with van der Waals surface area (Å²) in [6.45, 7) is 0. The van der Waals surface area contributed by atoms with Crippen molar-refractivity contribution in [3.8, 4) is 0 Å². The van der Waals surface area contributed by atoms with Crippen molar-refractivity contribution in [3.05, 3.63) is 0 Å². The molecule has 4 aliphatic carbocycles. The minimum atomic E-state index is 0.125. The van der Waals surface area contributed by atoms with E-state index in [0.717, 1.165) is 47.3 Å². The molecule has 8 atom stereocenters. The summed E-state index contributed by atoms with van der Waals surface area (Å²) < 4.78 is 0. The Kier molecular flexibility index (Phi) is 10.3. The number of nitrogens with one attached hydrogen (secondary N) is 8. The van der Waals surface area contributed by atoms with E-state index >= 15 is 0 Å². The normalized spacial score (nSPS) is 53.9. The summed E-state index contributed by atoms with van der Waals surface area (Å²) in [5, 5.41) is 33.8. The first-order valence-electron chi connectivity index (χ1n) is 18.3. The summed E-state index contributed by atoms with van der Waals surface area (Å²) in [5.41, 5.74) is 0. The molecule has 9 rings (SSSR count). The quantitative estimate of drug-likeness (QED) is 0.174. The number of rotatable bonds is 0. The van der Waals surface area contributed by atoms with Crippen molar-refractivity contribution in [2.45, 2.75) is 152 Å². The van der Waals surface area contributed by atoms with E-state index in [2.05, 4.69) is 68.9 Å². The molecule has 5 saturated heterocycles. The fourth-order valence-corrected chi connectivity index (χ4v) is 12.0. The molecule has 43 heavy (non-hydrogen) atoms. The van der Waals surface area contributed by atoms with Gasteiger partial charge in [0, 0.05) is 0 Å². The van der Waals surface area contributed by atoms with Crippen LogP contribution in [0.1, 0.15) is 103 Å². The molecule has 8 N–H and O–H groups in total. The van der Waals surface area contributed by atoms with Gasteiger partial charge in [-0.25, -0.2) is 0 Å². The molecule has 8 unspecified atom stereocenters. The van der Waals surface area contributed by atoms with E-state index in [1.165, 1.54) is 103 Å². The number of hydrogen-bond donors (Lipinski definition) is 8. The molecule has 4 saturated carbocycles. The average molecular weight is 761 g/mol. The van der Waals surface area contributed by atoms with Crippen LogP contribution >= 0.6 is 26.3 Å². The first-order chi connectivity index (χ1) is 21.2. The molecule has 0 aromatic rings. The maximum atomic E-state index is 4.26. The van der Waals surface area contributed by atoms with Crippen LogP contribution in [0.4, 0.5) is 0 Å². The molecule has 9 aliphatic rings. The van der Waals surface area contributed by atoms with Crippen LogP contribution in [0.15, 0.2) is 0 Å². The van der Waals surface area contributed by atoms with Gasteiger partial charge in [-0.1, -0.05) is 51.4 Å². The Morgan fingerprint density at radius 1 is 0.279 bits per heavy atom. The van der Waals surface area contributed by atoms with E-state index in [1.54, 1.807) is 0 Å². The number of halogens is 2. The Labute approximate surface area is 281 Å².